The molecule has 1 atom stereocenters. The van der Waals surface area contributed by atoms with Crippen LogP contribution < -0.4 is 4.74 Å². The monoisotopic (exact) mass is 416 g/mol. The first-order chi connectivity index (χ1) is 15.1. The fourth-order valence-electron chi connectivity index (χ4n) is 3.36. The van der Waals surface area contributed by atoms with Crippen molar-refractivity contribution >= 4 is 6.08 Å². The summed E-state index contributed by atoms with van der Waals surface area (Å²) >= 11 is 0. The van der Waals surface area contributed by atoms with Crippen LogP contribution in [0.4, 0.5) is 4.39 Å². The molecule has 0 heterocycles. The number of hydrogen-bond donors (Lipinski definition) is 1. The van der Waals surface area contributed by atoms with Gasteiger partial charge < -0.3 is 9.84 Å². The number of unbranched alkanes of at least 4 members (excludes halogenated alkanes) is 1. The second kappa shape index (κ2) is 11.3. The molecule has 0 aliphatic heterocycles. The zero-order valence-corrected chi connectivity index (χ0v) is 17.9. The summed E-state index contributed by atoms with van der Waals surface area (Å²) in [6.07, 6.45) is 7.98. The summed E-state index contributed by atoms with van der Waals surface area (Å²) in [6.45, 7) is 5.92. The molecular weight excluding hydrogens is 387 g/mol. The van der Waals surface area contributed by atoms with Crippen molar-refractivity contribution in [2.45, 2.75) is 32.3 Å². The van der Waals surface area contributed by atoms with Crippen molar-refractivity contribution in [1.29, 1.82) is 0 Å². The SMILES string of the molecule is C=CCOc1ccc(-c2ccc(-c3ccc(C=CCCCC(C)O)cc3F)cc2)cc1. The van der Waals surface area contributed by atoms with Crippen molar-refractivity contribution in [2.24, 2.45) is 0 Å². The highest BCUT2D eigenvalue weighted by Crippen LogP contribution is 2.28. The predicted octanol–water partition coefficient (Wildman–Crippen LogP) is 7.29. The maximum atomic E-state index is 14.7. The van der Waals surface area contributed by atoms with Gasteiger partial charge in [-0.05, 0) is 66.6 Å². The van der Waals surface area contributed by atoms with Crippen LogP contribution in [0.25, 0.3) is 28.3 Å². The molecule has 1 unspecified atom stereocenters. The summed E-state index contributed by atoms with van der Waals surface area (Å²) < 4.78 is 20.2. The maximum Gasteiger partial charge on any atom is 0.131 e. The standard InChI is InChI=1S/C28H29FO2/c1-3-19-31-26-16-14-24(15-17-26)23-10-12-25(13-11-23)27-18-9-22(20-28(27)29)8-6-4-5-7-21(2)30/h3,6,8-18,20-21,30H,1,4-5,7,19H2,2H3. The largest absolute Gasteiger partial charge is 0.490 e. The number of ether oxygens (including phenoxy) is 1. The topological polar surface area (TPSA) is 29.5 Å². The molecule has 3 aromatic carbocycles. The smallest absolute Gasteiger partial charge is 0.131 e. The minimum absolute atomic E-state index is 0.234. The van der Waals surface area contributed by atoms with Gasteiger partial charge in [0.05, 0.1) is 6.10 Å². The van der Waals surface area contributed by atoms with Gasteiger partial charge in [0, 0.05) is 5.56 Å². The average Bonchev–Trinajstić information content (AvgIpc) is 2.78. The highest BCUT2D eigenvalue weighted by Gasteiger charge is 2.07. The van der Waals surface area contributed by atoms with E-state index in [2.05, 4.69) is 6.58 Å². The first kappa shape index (κ1) is 22.5. The zero-order valence-electron chi connectivity index (χ0n) is 17.9. The van der Waals surface area contributed by atoms with Crippen LogP contribution in [-0.2, 0) is 0 Å². The zero-order chi connectivity index (χ0) is 22.1. The Hall–Kier alpha value is -3.17. The van der Waals surface area contributed by atoms with Gasteiger partial charge in [0.1, 0.15) is 18.2 Å². The van der Waals surface area contributed by atoms with E-state index in [1.807, 2.05) is 72.8 Å². The van der Waals surface area contributed by atoms with Gasteiger partial charge >= 0.3 is 0 Å². The Kier molecular flexibility index (Phi) is 8.19. The fraction of sp³-hybridized carbons (Fsp3) is 0.214. The molecule has 0 aliphatic carbocycles. The van der Waals surface area contributed by atoms with Gasteiger partial charge in [0.2, 0.25) is 0 Å². The van der Waals surface area contributed by atoms with E-state index in [4.69, 9.17) is 4.74 Å². The Morgan fingerprint density at radius 2 is 1.61 bits per heavy atom. The van der Waals surface area contributed by atoms with Crippen LogP contribution in [-0.4, -0.2) is 17.8 Å². The van der Waals surface area contributed by atoms with Crippen molar-refractivity contribution < 1.29 is 14.2 Å². The number of halogens is 1. The van der Waals surface area contributed by atoms with E-state index in [9.17, 15) is 9.50 Å². The predicted molar refractivity (Wildman–Crippen MR) is 128 cm³/mol. The summed E-state index contributed by atoms with van der Waals surface area (Å²) in [5, 5.41) is 9.28. The third-order valence-electron chi connectivity index (χ3n) is 5.05. The Morgan fingerprint density at radius 3 is 2.23 bits per heavy atom. The van der Waals surface area contributed by atoms with Crippen LogP contribution in [0.5, 0.6) is 5.75 Å². The van der Waals surface area contributed by atoms with E-state index in [-0.39, 0.29) is 11.9 Å². The number of rotatable bonds is 10. The Labute approximate surface area is 184 Å². The summed E-state index contributed by atoms with van der Waals surface area (Å²) in [5.41, 5.74) is 4.42. The summed E-state index contributed by atoms with van der Waals surface area (Å²) in [7, 11) is 0. The fourth-order valence-corrected chi connectivity index (χ4v) is 3.36. The van der Waals surface area contributed by atoms with Crippen molar-refractivity contribution in [3.63, 3.8) is 0 Å². The Balaban J connectivity index is 1.66. The van der Waals surface area contributed by atoms with Crippen LogP contribution in [0.2, 0.25) is 0 Å². The summed E-state index contributed by atoms with van der Waals surface area (Å²) in [5.74, 6) is 0.571. The first-order valence-electron chi connectivity index (χ1n) is 10.7. The Morgan fingerprint density at radius 1 is 0.968 bits per heavy atom. The molecule has 160 valence electrons. The molecule has 0 bridgehead atoms. The Bertz CT molecular complexity index is 1000. The van der Waals surface area contributed by atoms with E-state index >= 15 is 0 Å². The molecule has 0 fully saturated rings. The van der Waals surface area contributed by atoms with Gasteiger partial charge in [0.25, 0.3) is 0 Å². The number of benzene rings is 3. The minimum atomic E-state index is -0.271. The van der Waals surface area contributed by atoms with E-state index < -0.39 is 0 Å². The lowest BCUT2D eigenvalue weighted by atomic mass is 9.99. The third kappa shape index (κ3) is 6.66. The molecule has 0 amide bonds. The average molecular weight is 417 g/mol. The van der Waals surface area contributed by atoms with Gasteiger partial charge in [-0.25, -0.2) is 4.39 Å². The van der Waals surface area contributed by atoms with Gasteiger partial charge in [-0.3, -0.25) is 0 Å². The van der Waals surface area contributed by atoms with E-state index in [1.165, 1.54) is 0 Å². The van der Waals surface area contributed by atoms with Crippen LogP contribution >= 0.6 is 0 Å². The molecule has 3 rings (SSSR count). The van der Waals surface area contributed by atoms with Crippen LogP contribution in [0.3, 0.4) is 0 Å². The highest BCUT2D eigenvalue weighted by atomic mass is 19.1. The second-order valence-corrected chi connectivity index (χ2v) is 7.62. The van der Waals surface area contributed by atoms with E-state index in [0.29, 0.717) is 12.2 Å². The number of aliphatic hydroxyl groups excluding tert-OH is 1. The van der Waals surface area contributed by atoms with Gasteiger partial charge in [-0.15, -0.1) is 0 Å². The normalized spacial score (nSPS) is 12.1. The number of aliphatic hydroxyl groups is 1. The molecule has 3 aromatic rings. The molecule has 2 nitrogen and oxygen atoms in total. The first-order valence-corrected chi connectivity index (χ1v) is 10.7. The van der Waals surface area contributed by atoms with Crippen molar-refractivity contribution in [2.75, 3.05) is 6.61 Å². The van der Waals surface area contributed by atoms with Crippen LogP contribution in [0.1, 0.15) is 31.7 Å². The molecular formula is C28H29FO2. The molecule has 31 heavy (non-hydrogen) atoms. The highest BCUT2D eigenvalue weighted by molar-refractivity contribution is 5.72. The van der Waals surface area contributed by atoms with Crippen LogP contribution in [0.15, 0.2) is 85.5 Å². The molecule has 3 heteroatoms. The lowest BCUT2D eigenvalue weighted by molar-refractivity contribution is 0.182. The number of hydrogen-bond acceptors (Lipinski definition) is 2. The van der Waals surface area contributed by atoms with Crippen molar-refractivity contribution in [3.05, 3.63) is 96.8 Å². The van der Waals surface area contributed by atoms with Gasteiger partial charge in [0.15, 0.2) is 0 Å². The molecule has 0 aromatic heterocycles. The second-order valence-electron chi connectivity index (χ2n) is 7.62. The lowest BCUT2D eigenvalue weighted by Gasteiger charge is -2.08. The lowest BCUT2D eigenvalue weighted by Crippen LogP contribution is -1.97. The molecule has 0 saturated heterocycles. The van der Waals surface area contributed by atoms with E-state index in [0.717, 1.165) is 47.3 Å². The summed E-state index contributed by atoms with van der Waals surface area (Å²) in [4.78, 5) is 0. The van der Waals surface area contributed by atoms with Crippen molar-refractivity contribution in [3.8, 4) is 28.0 Å². The minimum Gasteiger partial charge on any atom is -0.490 e. The van der Waals surface area contributed by atoms with Gasteiger partial charge in [-0.2, -0.15) is 0 Å². The van der Waals surface area contributed by atoms with E-state index in [1.54, 1.807) is 19.1 Å². The van der Waals surface area contributed by atoms with Crippen LogP contribution in [0, 0.1) is 5.82 Å². The quantitative estimate of drug-likeness (QED) is 0.278. The molecule has 1 N–H and O–H groups in total. The van der Waals surface area contributed by atoms with Crippen molar-refractivity contribution in [1.82, 2.24) is 0 Å². The summed E-state index contributed by atoms with van der Waals surface area (Å²) in [6, 6.07) is 21.1. The number of allylic oxidation sites excluding steroid dienone is 1. The third-order valence-corrected chi connectivity index (χ3v) is 5.05. The molecule has 0 spiro atoms. The molecule has 0 aliphatic rings. The molecule has 0 saturated carbocycles. The maximum absolute atomic E-state index is 14.7. The molecule has 0 radical (unpaired) electrons. The van der Waals surface area contributed by atoms with Gasteiger partial charge in [-0.1, -0.05) is 73.3 Å².